The maximum atomic E-state index is 4.07. The van der Waals surface area contributed by atoms with Crippen LogP contribution in [-0.4, -0.2) is 19.1 Å². The Bertz CT molecular complexity index is 123. The van der Waals surface area contributed by atoms with Crippen LogP contribution in [0.15, 0.2) is 9.98 Å². The van der Waals surface area contributed by atoms with Crippen LogP contribution in [0.2, 0.25) is 0 Å². The zero-order valence-corrected chi connectivity index (χ0v) is 6.55. The molecule has 0 aliphatic heterocycles. The quantitative estimate of drug-likeness (QED) is 0.378. The van der Waals surface area contributed by atoms with Crippen molar-refractivity contribution < 1.29 is 0 Å². The van der Waals surface area contributed by atoms with Crippen LogP contribution in [0.25, 0.3) is 0 Å². The van der Waals surface area contributed by atoms with Crippen molar-refractivity contribution in [1.29, 1.82) is 0 Å². The van der Waals surface area contributed by atoms with E-state index in [-0.39, 0.29) is 0 Å². The summed E-state index contributed by atoms with van der Waals surface area (Å²) in [4.78, 5) is 8.06. The lowest BCUT2D eigenvalue weighted by atomic mass is 10.2. The molecule has 0 spiro atoms. The fourth-order valence-corrected chi connectivity index (χ4v) is 0.597. The Morgan fingerprint density at radius 1 is 1.44 bits per heavy atom. The highest BCUT2D eigenvalue weighted by molar-refractivity contribution is 5.90. The second kappa shape index (κ2) is 4.24. The van der Waals surface area contributed by atoms with Crippen molar-refractivity contribution in [2.24, 2.45) is 15.9 Å². The minimum absolute atomic E-state index is 0.436. The second-order valence-corrected chi connectivity index (χ2v) is 2.12. The maximum absolute atomic E-state index is 4.07. The van der Waals surface area contributed by atoms with Crippen LogP contribution in [0.1, 0.15) is 20.8 Å². The highest BCUT2D eigenvalue weighted by atomic mass is 14.9. The normalized spacial score (nSPS) is 13.7. The van der Waals surface area contributed by atoms with E-state index in [9.17, 15) is 0 Å². The van der Waals surface area contributed by atoms with E-state index in [0.29, 0.717) is 5.92 Å². The standard InChI is InChI=1S/C7H14N2/c1-5-9-7(8-4)6(2)3/h5-6H,1-4H3. The zero-order chi connectivity index (χ0) is 7.28. The third kappa shape index (κ3) is 3.01. The van der Waals surface area contributed by atoms with Crippen LogP contribution in [0.5, 0.6) is 0 Å². The van der Waals surface area contributed by atoms with E-state index in [1.807, 2.05) is 6.92 Å². The lowest BCUT2D eigenvalue weighted by molar-refractivity contribution is 0.870. The molecule has 52 valence electrons. The Labute approximate surface area is 56.7 Å². The van der Waals surface area contributed by atoms with Gasteiger partial charge in [-0.3, -0.25) is 4.99 Å². The van der Waals surface area contributed by atoms with Gasteiger partial charge in [-0.15, -0.1) is 0 Å². The number of rotatable bonds is 1. The third-order valence-corrected chi connectivity index (χ3v) is 1.01. The summed E-state index contributed by atoms with van der Waals surface area (Å²) in [5.41, 5.74) is 0. The largest absolute Gasteiger partial charge is 0.274 e. The van der Waals surface area contributed by atoms with E-state index < -0.39 is 0 Å². The summed E-state index contributed by atoms with van der Waals surface area (Å²) in [5.74, 6) is 1.35. The number of amidine groups is 1. The molecule has 0 amide bonds. The lowest BCUT2D eigenvalue weighted by Gasteiger charge is -2.00. The third-order valence-electron chi connectivity index (χ3n) is 1.01. The molecule has 0 bridgehead atoms. The predicted octanol–water partition coefficient (Wildman–Crippen LogP) is 1.76. The SMILES string of the molecule is CC=NC(=NC)C(C)C. The summed E-state index contributed by atoms with van der Waals surface area (Å²) in [6.45, 7) is 6.05. The van der Waals surface area contributed by atoms with Gasteiger partial charge in [-0.2, -0.15) is 0 Å². The van der Waals surface area contributed by atoms with Crippen LogP contribution in [0, 0.1) is 5.92 Å². The number of hydrogen-bond acceptors (Lipinski definition) is 1. The lowest BCUT2D eigenvalue weighted by Crippen LogP contribution is -2.03. The Morgan fingerprint density at radius 3 is 2.11 bits per heavy atom. The van der Waals surface area contributed by atoms with Crippen LogP contribution in [0.3, 0.4) is 0 Å². The average Bonchev–Trinajstić information content (AvgIpc) is 1.82. The van der Waals surface area contributed by atoms with Gasteiger partial charge in [-0.1, -0.05) is 13.8 Å². The van der Waals surface area contributed by atoms with E-state index in [2.05, 4.69) is 23.8 Å². The molecule has 0 radical (unpaired) electrons. The van der Waals surface area contributed by atoms with Crippen molar-refractivity contribution >= 4 is 12.1 Å². The van der Waals surface area contributed by atoms with Gasteiger partial charge in [-0.05, 0) is 6.92 Å². The summed E-state index contributed by atoms with van der Waals surface area (Å²) < 4.78 is 0. The average molecular weight is 126 g/mol. The Hall–Kier alpha value is -0.660. The molecule has 0 atom stereocenters. The van der Waals surface area contributed by atoms with Crippen molar-refractivity contribution in [3.05, 3.63) is 0 Å². The summed E-state index contributed by atoms with van der Waals surface area (Å²) in [7, 11) is 1.77. The molecule has 9 heavy (non-hydrogen) atoms. The number of hydrogen-bond donors (Lipinski definition) is 0. The first-order chi connectivity index (χ1) is 4.22. The number of nitrogens with zero attached hydrogens (tertiary/aromatic N) is 2. The van der Waals surface area contributed by atoms with Gasteiger partial charge in [0.2, 0.25) is 0 Å². The summed E-state index contributed by atoms with van der Waals surface area (Å²) in [6.07, 6.45) is 1.77. The fourth-order valence-electron chi connectivity index (χ4n) is 0.597. The van der Waals surface area contributed by atoms with Crippen molar-refractivity contribution in [1.82, 2.24) is 0 Å². The molecule has 0 aliphatic carbocycles. The molecular formula is C7H14N2. The monoisotopic (exact) mass is 126 g/mol. The van der Waals surface area contributed by atoms with Gasteiger partial charge in [0.05, 0.1) is 0 Å². The summed E-state index contributed by atoms with van der Waals surface area (Å²) in [6, 6.07) is 0. The molecule has 0 rings (SSSR count). The molecule has 0 aromatic heterocycles. The van der Waals surface area contributed by atoms with Gasteiger partial charge in [0.15, 0.2) is 0 Å². The maximum Gasteiger partial charge on any atom is 0.125 e. The van der Waals surface area contributed by atoms with Gasteiger partial charge in [0, 0.05) is 19.2 Å². The highest BCUT2D eigenvalue weighted by Crippen LogP contribution is 1.96. The predicted molar refractivity (Wildman–Crippen MR) is 42.4 cm³/mol. The minimum Gasteiger partial charge on any atom is -0.274 e. The molecule has 0 unspecified atom stereocenters. The molecule has 0 saturated carbocycles. The van der Waals surface area contributed by atoms with Gasteiger partial charge < -0.3 is 0 Å². The van der Waals surface area contributed by atoms with Crippen molar-refractivity contribution in [3.8, 4) is 0 Å². The Balaban J connectivity index is 4.01. The molecule has 0 heterocycles. The minimum atomic E-state index is 0.436. The van der Waals surface area contributed by atoms with Gasteiger partial charge in [0.25, 0.3) is 0 Å². The second-order valence-electron chi connectivity index (χ2n) is 2.12. The molecule has 0 aromatic rings. The molecule has 2 nitrogen and oxygen atoms in total. The van der Waals surface area contributed by atoms with Crippen LogP contribution in [0.4, 0.5) is 0 Å². The topological polar surface area (TPSA) is 24.7 Å². The molecule has 0 fully saturated rings. The molecule has 0 aromatic carbocycles. The highest BCUT2D eigenvalue weighted by Gasteiger charge is 1.98. The first-order valence-corrected chi connectivity index (χ1v) is 3.17. The zero-order valence-electron chi connectivity index (χ0n) is 6.55. The van der Waals surface area contributed by atoms with E-state index in [0.717, 1.165) is 5.84 Å². The smallest absolute Gasteiger partial charge is 0.125 e. The molecule has 2 heteroatoms. The van der Waals surface area contributed by atoms with Crippen molar-refractivity contribution in [3.63, 3.8) is 0 Å². The molecule has 0 saturated heterocycles. The van der Waals surface area contributed by atoms with Crippen LogP contribution < -0.4 is 0 Å². The number of aliphatic imine (C=N–C) groups is 2. The first-order valence-electron chi connectivity index (χ1n) is 3.17. The van der Waals surface area contributed by atoms with Crippen LogP contribution >= 0.6 is 0 Å². The van der Waals surface area contributed by atoms with Crippen molar-refractivity contribution in [2.45, 2.75) is 20.8 Å². The molecular weight excluding hydrogens is 112 g/mol. The Morgan fingerprint density at radius 2 is 2.00 bits per heavy atom. The van der Waals surface area contributed by atoms with E-state index >= 15 is 0 Å². The van der Waals surface area contributed by atoms with Gasteiger partial charge in [-0.25, -0.2) is 4.99 Å². The van der Waals surface area contributed by atoms with Gasteiger partial charge in [0.1, 0.15) is 5.84 Å². The van der Waals surface area contributed by atoms with E-state index in [4.69, 9.17) is 0 Å². The first kappa shape index (κ1) is 8.34. The molecule has 0 aliphatic rings. The molecule has 0 N–H and O–H groups in total. The van der Waals surface area contributed by atoms with Crippen LogP contribution in [-0.2, 0) is 0 Å². The van der Waals surface area contributed by atoms with Gasteiger partial charge >= 0.3 is 0 Å². The summed E-state index contributed by atoms with van der Waals surface area (Å²) in [5, 5.41) is 0. The van der Waals surface area contributed by atoms with E-state index in [1.165, 1.54) is 0 Å². The van der Waals surface area contributed by atoms with E-state index in [1.54, 1.807) is 13.3 Å². The Kier molecular flexibility index (Phi) is 3.93. The summed E-state index contributed by atoms with van der Waals surface area (Å²) >= 11 is 0. The van der Waals surface area contributed by atoms with Crippen molar-refractivity contribution in [2.75, 3.05) is 7.05 Å². The fraction of sp³-hybridized carbons (Fsp3) is 0.714.